The van der Waals surface area contributed by atoms with Crippen LogP contribution in [0.4, 0.5) is 0 Å². The number of methoxy groups -OCH3 is 2. The van der Waals surface area contributed by atoms with Gasteiger partial charge in [-0.25, -0.2) is 0 Å². The van der Waals surface area contributed by atoms with Crippen LogP contribution in [0.25, 0.3) is 0 Å². The Bertz CT molecular complexity index is 787. The van der Waals surface area contributed by atoms with Gasteiger partial charge in [-0.15, -0.1) is 24.0 Å². The lowest BCUT2D eigenvalue weighted by Crippen LogP contribution is -2.40. The molecule has 2 rings (SSSR count). The summed E-state index contributed by atoms with van der Waals surface area (Å²) in [4.78, 5) is 6.95. The van der Waals surface area contributed by atoms with Crippen molar-refractivity contribution in [1.29, 1.82) is 0 Å². The Morgan fingerprint density at radius 1 is 0.969 bits per heavy atom. The lowest BCUT2D eigenvalue weighted by Gasteiger charge is -2.22. The summed E-state index contributed by atoms with van der Waals surface area (Å²) in [7, 11) is 5.39. The number of guanidine groups is 1. The highest BCUT2D eigenvalue weighted by Crippen LogP contribution is 2.27. The van der Waals surface area contributed by atoms with Gasteiger partial charge in [-0.2, -0.15) is 0 Å². The summed E-state index contributed by atoms with van der Waals surface area (Å²) in [6, 6.07) is 16.3. The maximum atomic E-state index is 5.75. The molecule has 2 aromatic carbocycles. The quantitative estimate of drug-likeness (QED) is 0.167. The molecule has 2 aromatic rings. The van der Waals surface area contributed by atoms with E-state index in [1.165, 1.54) is 11.1 Å². The summed E-state index contributed by atoms with van der Waals surface area (Å²) in [5, 5.41) is 3.38. The summed E-state index contributed by atoms with van der Waals surface area (Å²) >= 11 is 0. The third-order valence-electron chi connectivity index (χ3n) is 4.95. The van der Waals surface area contributed by atoms with Gasteiger partial charge < -0.3 is 24.4 Å². The normalized spacial score (nSPS) is 10.9. The molecule has 6 nitrogen and oxygen atoms in total. The fourth-order valence-corrected chi connectivity index (χ4v) is 3.17. The van der Waals surface area contributed by atoms with Crippen LogP contribution in [-0.2, 0) is 17.8 Å². The molecule has 0 aliphatic rings. The monoisotopic (exact) mass is 555 g/mol. The fraction of sp³-hybridized carbons (Fsp3) is 0.480. The van der Waals surface area contributed by atoms with E-state index in [1.807, 2.05) is 30.3 Å². The van der Waals surface area contributed by atoms with Gasteiger partial charge in [-0.3, -0.25) is 4.99 Å². The molecule has 0 unspecified atom stereocenters. The van der Waals surface area contributed by atoms with Crippen LogP contribution >= 0.6 is 24.0 Å². The van der Waals surface area contributed by atoms with Gasteiger partial charge in [0.25, 0.3) is 0 Å². The lowest BCUT2D eigenvalue weighted by atomic mass is 10.1. The molecule has 0 radical (unpaired) electrons. The largest absolute Gasteiger partial charge is 0.493 e. The molecule has 0 atom stereocenters. The lowest BCUT2D eigenvalue weighted by molar-refractivity contribution is 0.117. The fourth-order valence-electron chi connectivity index (χ4n) is 3.17. The number of nitrogens with one attached hydrogen (secondary N) is 1. The summed E-state index contributed by atoms with van der Waals surface area (Å²) in [5.74, 6) is 2.45. The molecular weight excluding hydrogens is 517 g/mol. The van der Waals surface area contributed by atoms with Gasteiger partial charge in [-0.1, -0.05) is 36.4 Å². The average molecular weight is 556 g/mol. The summed E-state index contributed by atoms with van der Waals surface area (Å²) in [5.41, 5.74) is 2.42. The van der Waals surface area contributed by atoms with Crippen molar-refractivity contribution in [2.75, 3.05) is 47.5 Å². The van der Waals surface area contributed by atoms with Crippen LogP contribution in [0, 0.1) is 0 Å². The van der Waals surface area contributed by atoms with Crippen molar-refractivity contribution in [3.05, 3.63) is 59.7 Å². The third kappa shape index (κ3) is 10.1. The third-order valence-corrected chi connectivity index (χ3v) is 4.95. The maximum absolute atomic E-state index is 5.75. The number of rotatable bonds is 13. The number of benzene rings is 2. The highest BCUT2D eigenvalue weighted by atomic mass is 127. The molecule has 0 aliphatic carbocycles. The Morgan fingerprint density at radius 2 is 1.72 bits per heavy atom. The Hall–Kier alpha value is -2.00. The van der Waals surface area contributed by atoms with Crippen LogP contribution in [0.1, 0.15) is 30.9 Å². The van der Waals surface area contributed by atoms with Gasteiger partial charge in [0.1, 0.15) is 0 Å². The number of ether oxygens (including phenoxy) is 3. The van der Waals surface area contributed by atoms with Crippen molar-refractivity contribution in [2.45, 2.75) is 32.8 Å². The van der Waals surface area contributed by atoms with E-state index in [4.69, 9.17) is 19.2 Å². The van der Waals surface area contributed by atoms with E-state index >= 15 is 0 Å². The van der Waals surface area contributed by atoms with Crippen molar-refractivity contribution in [3.8, 4) is 11.5 Å². The molecule has 32 heavy (non-hydrogen) atoms. The number of unbranched alkanes of at least 4 members (excludes halogenated alkanes) is 1. The van der Waals surface area contributed by atoms with E-state index in [-0.39, 0.29) is 24.0 Å². The first-order chi connectivity index (χ1) is 15.2. The first-order valence-corrected chi connectivity index (χ1v) is 11.0. The van der Waals surface area contributed by atoms with Gasteiger partial charge >= 0.3 is 0 Å². The number of likely N-dealkylation sites (N-methyl/N-ethyl adjacent to an activating group) is 1. The van der Waals surface area contributed by atoms with Crippen LogP contribution in [0.2, 0.25) is 0 Å². The molecular formula is C25H38IN3O3. The molecule has 0 saturated heterocycles. The Kier molecular flexibility index (Phi) is 14.5. The van der Waals surface area contributed by atoms with Crippen LogP contribution < -0.4 is 14.8 Å². The van der Waals surface area contributed by atoms with Gasteiger partial charge in [0.2, 0.25) is 0 Å². The topological polar surface area (TPSA) is 55.3 Å². The molecule has 1 N–H and O–H groups in total. The first-order valence-electron chi connectivity index (χ1n) is 11.0. The van der Waals surface area contributed by atoms with Crippen molar-refractivity contribution < 1.29 is 14.2 Å². The average Bonchev–Trinajstić information content (AvgIpc) is 2.81. The Balaban J connectivity index is 0.00000512. The van der Waals surface area contributed by atoms with E-state index in [9.17, 15) is 0 Å². The Morgan fingerprint density at radius 3 is 2.41 bits per heavy atom. The minimum atomic E-state index is 0. The molecule has 0 spiro atoms. The van der Waals surface area contributed by atoms with E-state index < -0.39 is 0 Å². The van der Waals surface area contributed by atoms with Gasteiger partial charge in [0.05, 0.1) is 20.8 Å². The van der Waals surface area contributed by atoms with Crippen molar-refractivity contribution in [3.63, 3.8) is 0 Å². The second-order valence-corrected chi connectivity index (χ2v) is 7.34. The summed E-state index contributed by atoms with van der Waals surface area (Å²) in [6.45, 7) is 6.02. The number of nitrogens with zero attached hydrogens (tertiary/aromatic N) is 2. The van der Waals surface area contributed by atoms with Crippen molar-refractivity contribution in [1.82, 2.24) is 10.2 Å². The molecule has 7 heteroatoms. The molecule has 178 valence electrons. The molecule has 0 heterocycles. The molecule has 0 saturated carbocycles. The van der Waals surface area contributed by atoms with Gasteiger partial charge in [-0.05, 0) is 49.4 Å². The zero-order valence-electron chi connectivity index (χ0n) is 19.8. The molecule has 0 bridgehead atoms. The van der Waals surface area contributed by atoms with Crippen LogP contribution in [0.5, 0.6) is 11.5 Å². The molecule has 0 fully saturated rings. The van der Waals surface area contributed by atoms with E-state index in [0.717, 1.165) is 63.0 Å². The maximum Gasteiger partial charge on any atom is 0.193 e. The number of hydrogen-bond donors (Lipinski definition) is 1. The smallest absolute Gasteiger partial charge is 0.193 e. The zero-order chi connectivity index (χ0) is 22.3. The van der Waals surface area contributed by atoms with Crippen LogP contribution in [-0.4, -0.2) is 58.4 Å². The highest BCUT2D eigenvalue weighted by Gasteiger charge is 2.08. The number of halogens is 1. The number of hydrogen-bond acceptors (Lipinski definition) is 4. The number of aliphatic imine (C=N–C) groups is 1. The predicted molar refractivity (Wildman–Crippen MR) is 143 cm³/mol. The minimum absolute atomic E-state index is 0. The van der Waals surface area contributed by atoms with Crippen LogP contribution in [0.15, 0.2) is 53.5 Å². The van der Waals surface area contributed by atoms with Gasteiger partial charge in [0, 0.05) is 33.3 Å². The molecule has 0 amide bonds. The Labute approximate surface area is 210 Å². The highest BCUT2D eigenvalue weighted by molar-refractivity contribution is 14.0. The second-order valence-electron chi connectivity index (χ2n) is 7.34. The summed E-state index contributed by atoms with van der Waals surface area (Å²) < 4.78 is 16.5. The minimum Gasteiger partial charge on any atom is -0.493 e. The first kappa shape index (κ1) is 28.0. The van der Waals surface area contributed by atoms with E-state index in [2.05, 4.69) is 42.4 Å². The molecule has 0 aliphatic heterocycles. The standard InChI is InChI=1S/C25H37N3O3.HI/c1-5-26-25(27-16-9-10-18-31-20-22-11-7-6-8-12-22)28(2)17-15-21-13-14-23(29-3)24(19-21)30-4;/h6-8,11-14,19H,5,9-10,15-18,20H2,1-4H3,(H,26,27);1H. The van der Waals surface area contributed by atoms with Crippen molar-refractivity contribution in [2.24, 2.45) is 4.99 Å². The van der Waals surface area contributed by atoms with Crippen molar-refractivity contribution >= 4 is 29.9 Å². The molecule has 0 aromatic heterocycles. The zero-order valence-corrected chi connectivity index (χ0v) is 22.1. The second kappa shape index (κ2) is 16.6. The van der Waals surface area contributed by atoms with Crippen LogP contribution in [0.3, 0.4) is 0 Å². The predicted octanol–water partition coefficient (Wildman–Crippen LogP) is 4.76. The van der Waals surface area contributed by atoms with Gasteiger partial charge in [0.15, 0.2) is 17.5 Å². The van der Waals surface area contributed by atoms with E-state index in [1.54, 1.807) is 14.2 Å². The van der Waals surface area contributed by atoms with E-state index in [0.29, 0.717) is 6.61 Å². The summed E-state index contributed by atoms with van der Waals surface area (Å²) in [6.07, 6.45) is 2.91. The SMILES string of the molecule is CCNC(=NCCCCOCc1ccccc1)N(C)CCc1ccc(OC)c(OC)c1.I.